The lowest BCUT2D eigenvalue weighted by Gasteiger charge is -2.23. The molecule has 1 N–H and O–H groups in total. The van der Waals surface area contributed by atoms with Crippen molar-refractivity contribution in [3.8, 4) is 0 Å². The van der Waals surface area contributed by atoms with Crippen molar-refractivity contribution in [2.75, 3.05) is 0 Å². The largest absolute Gasteiger partial charge is 0.433 e. The molecule has 0 heterocycles. The van der Waals surface area contributed by atoms with Crippen LogP contribution in [0.2, 0.25) is 0 Å². The molecule has 0 bridgehead atoms. The molecule has 6 nitrogen and oxygen atoms in total. The van der Waals surface area contributed by atoms with Crippen LogP contribution in [0.15, 0.2) is 12.2 Å². The standard InChI is InChI=1S/C12H22O6/c1-7(2)12(14)18-11(6)17-10(5)16-9(4)15-8(3)13/h8-11,13H,1H2,2-6H3. The maximum absolute atomic E-state index is 11.2. The summed E-state index contributed by atoms with van der Waals surface area (Å²) in [5.74, 6) is -0.525. The van der Waals surface area contributed by atoms with Crippen LogP contribution in [0.4, 0.5) is 0 Å². The molecule has 0 spiro atoms. The Labute approximate surface area is 107 Å². The number of carbonyl (C=O) groups excluding carboxylic acids is 1. The number of esters is 1. The van der Waals surface area contributed by atoms with Gasteiger partial charge >= 0.3 is 5.97 Å². The molecule has 0 aliphatic carbocycles. The molecular formula is C12H22O6. The molecular weight excluding hydrogens is 240 g/mol. The quantitative estimate of drug-likeness (QED) is 0.406. The molecule has 0 aromatic heterocycles. The number of rotatable bonds is 8. The van der Waals surface area contributed by atoms with E-state index in [0.29, 0.717) is 5.57 Å². The SMILES string of the molecule is C=C(C)C(=O)OC(C)OC(C)OC(C)OC(C)O. The summed E-state index contributed by atoms with van der Waals surface area (Å²) in [6.07, 6.45) is -2.97. The van der Waals surface area contributed by atoms with Gasteiger partial charge in [-0.1, -0.05) is 6.58 Å². The molecule has 0 fully saturated rings. The van der Waals surface area contributed by atoms with Crippen molar-refractivity contribution in [2.24, 2.45) is 0 Å². The highest BCUT2D eigenvalue weighted by Crippen LogP contribution is 2.08. The summed E-state index contributed by atoms with van der Waals surface area (Å²) in [7, 11) is 0. The Hall–Kier alpha value is -0.950. The van der Waals surface area contributed by atoms with Crippen LogP contribution in [0, 0.1) is 0 Å². The van der Waals surface area contributed by atoms with Gasteiger partial charge in [-0.05, 0) is 34.6 Å². The molecule has 0 saturated carbocycles. The lowest BCUT2D eigenvalue weighted by Crippen LogP contribution is -2.29. The zero-order valence-electron chi connectivity index (χ0n) is 11.5. The minimum atomic E-state index is -0.925. The van der Waals surface area contributed by atoms with Gasteiger partial charge in [-0.25, -0.2) is 4.79 Å². The van der Waals surface area contributed by atoms with Crippen LogP contribution in [-0.2, 0) is 23.7 Å². The van der Waals surface area contributed by atoms with E-state index >= 15 is 0 Å². The van der Waals surface area contributed by atoms with Gasteiger partial charge in [-0.15, -0.1) is 0 Å². The Kier molecular flexibility index (Phi) is 7.77. The van der Waals surface area contributed by atoms with Gasteiger partial charge in [0.2, 0.25) is 6.29 Å². The van der Waals surface area contributed by atoms with Gasteiger partial charge in [-0.3, -0.25) is 0 Å². The Balaban J connectivity index is 3.96. The summed E-state index contributed by atoms with van der Waals surface area (Å²) in [4.78, 5) is 11.2. The average Bonchev–Trinajstić information content (AvgIpc) is 2.14. The fourth-order valence-corrected chi connectivity index (χ4v) is 1.16. The number of hydrogen-bond donors (Lipinski definition) is 1. The lowest BCUT2D eigenvalue weighted by atomic mass is 10.4. The summed E-state index contributed by atoms with van der Waals surface area (Å²) in [5, 5.41) is 8.98. The lowest BCUT2D eigenvalue weighted by molar-refractivity contribution is -0.296. The van der Waals surface area contributed by atoms with Crippen molar-refractivity contribution >= 4 is 5.97 Å². The van der Waals surface area contributed by atoms with E-state index in [-0.39, 0.29) is 0 Å². The number of hydrogen-bond acceptors (Lipinski definition) is 6. The molecule has 0 saturated heterocycles. The molecule has 0 rings (SSSR count). The number of ether oxygens (including phenoxy) is 4. The summed E-state index contributed by atoms with van der Waals surface area (Å²) in [5.41, 5.74) is 0.296. The second kappa shape index (κ2) is 8.20. The Morgan fingerprint density at radius 3 is 1.89 bits per heavy atom. The molecule has 0 aromatic rings. The highest BCUT2D eigenvalue weighted by atomic mass is 16.8. The molecule has 0 radical (unpaired) electrons. The van der Waals surface area contributed by atoms with Gasteiger partial charge in [0.15, 0.2) is 18.9 Å². The minimum absolute atomic E-state index is 0.296. The first-order chi connectivity index (χ1) is 8.22. The van der Waals surface area contributed by atoms with Crippen molar-refractivity contribution < 1.29 is 28.8 Å². The zero-order valence-corrected chi connectivity index (χ0v) is 11.5. The van der Waals surface area contributed by atoms with Gasteiger partial charge in [0.05, 0.1) is 0 Å². The molecule has 4 atom stereocenters. The van der Waals surface area contributed by atoms with E-state index in [2.05, 4.69) is 6.58 Å². The molecule has 106 valence electrons. The van der Waals surface area contributed by atoms with Crippen LogP contribution in [0.5, 0.6) is 0 Å². The Morgan fingerprint density at radius 1 is 1.00 bits per heavy atom. The molecule has 0 aliphatic heterocycles. The first-order valence-electron chi connectivity index (χ1n) is 5.73. The van der Waals surface area contributed by atoms with Gasteiger partial charge in [-0.2, -0.15) is 0 Å². The van der Waals surface area contributed by atoms with E-state index in [1.165, 1.54) is 6.92 Å². The van der Waals surface area contributed by atoms with Crippen LogP contribution in [-0.4, -0.2) is 36.2 Å². The zero-order chi connectivity index (χ0) is 14.3. The predicted molar refractivity (Wildman–Crippen MR) is 64.2 cm³/mol. The van der Waals surface area contributed by atoms with Gasteiger partial charge in [0.1, 0.15) is 0 Å². The topological polar surface area (TPSA) is 74.2 Å². The molecule has 0 aromatic carbocycles. The fourth-order valence-electron chi connectivity index (χ4n) is 1.16. The van der Waals surface area contributed by atoms with E-state index < -0.39 is 31.1 Å². The number of aliphatic hydroxyl groups is 1. The predicted octanol–water partition coefficient (Wildman–Crippen LogP) is 1.53. The van der Waals surface area contributed by atoms with Crippen LogP contribution in [0.25, 0.3) is 0 Å². The first kappa shape index (κ1) is 17.1. The van der Waals surface area contributed by atoms with Crippen molar-refractivity contribution in [1.82, 2.24) is 0 Å². The summed E-state index contributed by atoms with van der Waals surface area (Å²) < 4.78 is 20.4. The third-order valence-electron chi connectivity index (χ3n) is 1.78. The van der Waals surface area contributed by atoms with Crippen molar-refractivity contribution in [3.63, 3.8) is 0 Å². The van der Waals surface area contributed by atoms with Gasteiger partial charge in [0.25, 0.3) is 0 Å². The number of carbonyl (C=O) groups is 1. The maximum atomic E-state index is 11.2. The molecule has 6 heteroatoms. The third-order valence-corrected chi connectivity index (χ3v) is 1.78. The minimum Gasteiger partial charge on any atom is -0.433 e. The Bertz CT molecular complexity index is 276. The second-order valence-corrected chi connectivity index (χ2v) is 3.90. The molecule has 0 amide bonds. The normalized spacial score (nSPS) is 17.7. The summed E-state index contributed by atoms with van der Waals surface area (Å²) >= 11 is 0. The van der Waals surface area contributed by atoms with Crippen molar-refractivity contribution in [1.29, 1.82) is 0 Å². The molecule has 4 unspecified atom stereocenters. The first-order valence-corrected chi connectivity index (χ1v) is 5.73. The van der Waals surface area contributed by atoms with Crippen molar-refractivity contribution in [2.45, 2.75) is 59.8 Å². The highest BCUT2D eigenvalue weighted by molar-refractivity contribution is 5.86. The highest BCUT2D eigenvalue weighted by Gasteiger charge is 2.16. The summed E-state index contributed by atoms with van der Waals surface area (Å²) in [6, 6.07) is 0. The van der Waals surface area contributed by atoms with E-state index in [9.17, 15) is 4.79 Å². The third kappa shape index (κ3) is 8.19. The van der Waals surface area contributed by atoms with E-state index in [1.54, 1.807) is 27.7 Å². The van der Waals surface area contributed by atoms with Gasteiger partial charge < -0.3 is 24.1 Å². The maximum Gasteiger partial charge on any atom is 0.335 e. The van der Waals surface area contributed by atoms with Crippen LogP contribution in [0.1, 0.15) is 34.6 Å². The van der Waals surface area contributed by atoms with Crippen LogP contribution >= 0.6 is 0 Å². The average molecular weight is 262 g/mol. The van der Waals surface area contributed by atoms with Crippen molar-refractivity contribution in [3.05, 3.63) is 12.2 Å². The second-order valence-electron chi connectivity index (χ2n) is 3.90. The van der Waals surface area contributed by atoms with E-state index in [4.69, 9.17) is 24.1 Å². The van der Waals surface area contributed by atoms with Crippen LogP contribution in [0.3, 0.4) is 0 Å². The molecule has 18 heavy (non-hydrogen) atoms. The van der Waals surface area contributed by atoms with Gasteiger partial charge in [0, 0.05) is 5.57 Å². The van der Waals surface area contributed by atoms with E-state index in [1.807, 2.05) is 0 Å². The smallest absolute Gasteiger partial charge is 0.335 e. The van der Waals surface area contributed by atoms with E-state index in [0.717, 1.165) is 0 Å². The summed E-state index contributed by atoms with van der Waals surface area (Å²) in [6.45, 7) is 11.3. The fraction of sp³-hybridized carbons (Fsp3) is 0.750. The Morgan fingerprint density at radius 2 is 1.44 bits per heavy atom. The monoisotopic (exact) mass is 262 g/mol. The van der Waals surface area contributed by atoms with Crippen LogP contribution < -0.4 is 0 Å². The number of aliphatic hydroxyl groups excluding tert-OH is 1. The molecule has 0 aliphatic rings.